The number of nitrogens with one attached hydrogen (secondary N) is 1. The van der Waals surface area contributed by atoms with Crippen LogP contribution in [0.15, 0.2) is 42.7 Å². The van der Waals surface area contributed by atoms with E-state index in [1.54, 1.807) is 19.2 Å². The van der Waals surface area contributed by atoms with Crippen LogP contribution in [0, 0.1) is 11.6 Å². The lowest BCUT2D eigenvalue weighted by Crippen LogP contribution is -2.25. The molecule has 0 spiro atoms. The summed E-state index contributed by atoms with van der Waals surface area (Å²) < 4.78 is 39.5. The van der Waals surface area contributed by atoms with E-state index in [2.05, 4.69) is 10.3 Å². The van der Waals surface area contributed by atoms with Gasteiger partial charge in [-0.3, -0.25) is 9.36 Å². The summed E-state index contributed by atoms with van der Waals surface area (Å²) in [5, 5.41) is 2.76. The largest absolute Gasteiger partial charge is 0.497 e. The minimum Gasteiger partial charge on any atom is -0.497 e. The molecule has 0 fully saturated rings. The number of methoxy groups -OCH3 is 2. The van der Waals surface area contributed by atoms with Gasteiger partial charge in [0.15, 0.2) is 0 Å². The van der Waals surface area contributed by atoms with Gasteiger partial charge in [-0.2, -0.15) is 0 Å². The number of ether oxygens (including phenoxy) is 2. The molecule has 4 rings (SSSR count). The standard InChI is InChI=1S/C20H17F2N3O3/c1-27-14-3-4-15(17(8-14)28-2)16-9-18(26)24-20-19(16)23-10-25(20)13-6-11(21)5-12(22)7-13/h3-8,10,16H,9H2,1-2H3,(H,24,26)/t16-/m1/s1. The maximum Gasteiger partial charge on any atom is 0.226 e. The number of amides is 1. The van der Waals surface area contributed by atoms with Crippen LogP contribution in [0.2, 0.25) is 0 Å². The fourth-order valence-electron chi connectivity index (χ4n) is 3.44. The number of hydrogen-bond acceptors (Lipinski definition) is 4. The van der Waals surface area contributed by atoms with E-state index in [1.165, 1.54) is 30.1 Å². The van der Waals surface area contributed by atoms with Gasteiger partial charge in [-0.25, -0.2) is 13.8 Å². The highest BCUT2D eigenvalue weighted by Gasteiger charge is 2.33. The Kier molecular flexibility index (Phi) is 4.46. The molecular formula is C20H17F2N3O3. The molecule has 0 radical (unpaired) electrons. The molecule has 0 saturated heterocycles. The van der Waals surface area contributed by atoms with Gasteiger partial charge in [0.2, 0.25) is 5.91 Å². The first kappa shape index (κ1) is 18.0. The van der Waals surface area contributed by atoms with Gasteiger partial charge in [0.25, 0.3) is 0 Å². The first-order valence-corrected chi connectivity index (χ1v) is 8.55. The van der Waals surface area contributed by atoms with Crippen molar-refractivity contribution in [3.8, 4) is 17.2 Å². The zero-order valence-corrected chi connectivity index (χ0v) is 15.2. The van der Waals surface area contributed by atoms with Crippen LogP contribution in [0.3, 0.4) is 0 Å². The minimum atomic E-state index is -0.715. The van der Waals surface area contributed by atoms with Gasteiger partial charge < -0.3 is 14.8 Å². The molecule has 1 aromatic heterocycles. The van der Waals surface area contributed by atoms with E-state index in [0.29, 0.717) is 23.0 Å². The molecular weight excluding hydrogens is 368 g/mol. The van der Waals surface area contributed by atoms with Crippen molar-refractivity contribution in [2.75, 3.05) is 19.5 Å². The number of carbonyl (C=O) groups is 1. The Morgan fingerprint density at radius 3 is 2.54 bits per heavy atom. The lowest BCUT2D eigenvalue weighted by atomic mass is 9.89. The highest BCUT2D eigenvalue weighted by atomic mass is 19.1. The lowest BCUT2D eigenvalue weighted by Gasteiger charge is -2.25. The minimum absolute atomic E-state index is 0.171. The number of fused-ring (bicyclic) bond motifs is 1. The number of imidazole rings is 1. The number of aromatic nitrogens is 2. The molecule has 0 bridgehead atoms. The predicted molar refractivity (Wildman–Crippen MR) is 98.1 cm³/mol. The average Bonchev–Trinajstić information content (AvgIpc) is 3.09. The van der Waals surface area contributed by atoms with Crippen LogP contribution in [0.4, 0.5) is 14.6 Å². The molecule has 3 aromatic rings. The molecule has 28 heavy (non-hydrogen) atoms. The van der Waals surface area contributed by atoms with Crippen LogP contribution >= 0.6 is 0 Å². The van der Waals surface area contributed by atoms with E-state index in [0.717, 1.165) is 11.6 Å². The van der Waals surface area contributed by atoms with E-state index in [1.807, 2.05) is 6.07 Å². The van der Waals surface area contributed by atoms with Gasteiger partial charge in [0, 0.05) is 30.0 Å². The Morgan fingerprint density at radius 1 is 1.11 bits per heavy atom. The number of benzene rings is 2. The van der Waals surface area contributed by atoms with Gasteiger partial charge in [-0.05, 0) is 18.2 Å². The average molecular weight is 385 g/mol. The third-order valence-corrected chi connectivity index (χ3v) is 4.71. The Bertz CT molecular complexity index is 1040. The van der Waals surface area contributed by atoms with Crippen molar-refractivity contribution >= 4 is 11.7 Å². The van der Waals surface area contributed by atoms with Crippen molar-refractivity contribution in [2.24, 2.45) is 0 Å². The maximum atomic E-state index is 13.7. The monoisotopic (exact) mass is 385 g/mol. The summed E-state index contributed by atoms with van der Waals surface area (Å²) in [5.74, 6) is -0.457. The molecule has 6 nitrogen and oxygen atoms in total. The zero-order valence-electron chi connectivity index (χ0n) is 15.2. The number of anilines is 1. The van der Waals surface area contributed by atoms with Gasteiger partial charge in [-0.1, -0.05) is 6.07 Å². The van der Waals surface area contributed by atoms with Crippen LogP contribution in [0.25, 0.3) is 5.69 Å². The Balaban J connectivity index is 1.83. The Labute approximate surface area is 159 Å². The van der Waals surface area contributed by atoms with Gasteiger partial charge >= 0.3 is 0 Å². The second kappa shape index (κ2) is 6.95. The number of nitrogens with zero attached hydrogens (tertiary/aromatic N) is 2. The van der Waals surface area contributed by atoms with E-state index < -0.39 is 11.6 Å². The number of halogens is 2. The van der Waals surface area contributed by atoms with Crippen LogP contribution in [-0.4, -0.2) is 29.7 Å². The van der Waals surface area contributed by atoms with Crippen molar-refractivity contribution in [1.82, 2.24) is 9.55 Å². The van der Waals surface area contributed by atoms with Crippen LogP contribution in [-0.2, 0) is 4.79 Å². The van der Waals surface area contributed by atoms with E-state index in [9.17, 15) is 13.6 Å². The fraction of sp³-hybridized carbons (Fsp3) is 0.200. The van der Waals surface area contributed by atoms with Crippen molar-refractivity contribution in [3.63, 3.8) is 0 Å². The summed E-state index contributed by atoms with van der Waals surface area (Å²) in [5.41, 5.74) is 1.59. The van der Waals surface area contributed by atoms with Crippen molar-refractivity contribution in [2.45, 2.75) is 12.3 Å². The first-order valence-electron chi connectivity index (χ1n) is 8.55. The van der Waals surface area contributed by atoms with Crippen LogP contribution in [0.1, 0.15) is 23.6 Å². The molecule has 1 atom stereocenters. The molecule has 1 N–H and O–H groups in total. The molecule has 0 aliphatic carbocycles. The second-order valence-electron chi connectivity index (χ2n) is 6.39. The third-order valence-electron chi connectivity index (χ3n) is 4.71. The first-order chi connectivity index (χ1) is 13.5. The van der Waals surface area contributed by atoms with E-state index >= 15 is 0 Å². The van der Waals surface area contributed by atoms with Gasteiger partial charge in [0.05, 0.1) is 25.6 Å². The Hall–Kier alpha value is -3.42. The molecule has 2 heterocycles. The summed E-state index contributed by atoms with van der Waals surface area (Å²) in [6.45, 7) is 0. The highest BCUT2D eigenvalue weighted by Crippen LogP contribution is 2.41. The van der Waals surface area contributed by atoms with Gasteiger partial charge in [0.1, 0.15) is 35.3 Å². The molecule has 1 aliphatic heterocycles. The lowest BCUT2D eigenvalue weighted by molar-refractivity contribution is -0.116. The normalized spacial score (nSPS) is 15.7. The molecule has 1 aliphatic rings. The number of carbonyl (C=O) groups excluding carboxylic acids is 1. The van der Waals surface area contributed by atoms with Gasteiger partial charge in [-0.15, -0.1) is 0 Å². The summed E-state index contributed by atoms with van der Waals surface area (Å²) in [6, 6.07) is 8.48. The van der Waals surface area contributed by atoms with Crippen LogP contribution < -0.4 is 14.8 Å². The molecule has 8 heteroatoms. The fourth-order valence-corrected chi connectivity index (χ4v) is 3.44. The van der Waals surface area contributed by atoms with Crippen LogP contribution in [0.5, 0.6) is 11.5 Å². The van der Waals surface area contributed by atoms with E-state index in [-0.39, 0.29) is 23.9 Å². The smallest absolute Gasteiger partial charge is 0.226 e. The molecule has 2 aromatic carbocycles. The Morgan fingerprint density at radius 2 is 1.86 bits per heavy atom. The molecule has 0 unspecified atom stereocenters. The predicted octanol–water partition coefficient (Wildman–Crippen LogP) is 3.64. The van der Waals surface area contributed by atoms with Crippen molar-refractivity contribution in [1.29, 1.82) is 0 Å². The summed E-state index contributed by atoms with van der Waals surface area (Å²) in [7, 11) is 3.09. The summed E-state index contributed by atoms with van der Waals surface area (Å²) in [4.78, 5) is 16.8. The van der Waals surface area contributed by atoms with E-state index in [4.69, 9.17) is 9.47 Å². The molecule has 1 amide bonds. The zero-order chi connectivity index (χ0) is 19.8. The van der Waals surface area contributed by atoms with Crippen molar-refractivity contribution < 1.29 is 23.0 Å². The summed E-state index contributed by atoms with van der Waals surface area (Å²) >= 11 is 0. The maximum absolute atomic E-state index is 13.7. The SMILES string of the molecule is COc1ccc([C@H]2CC(=O)Nc3c2ncn3-c2cc(F)cc(F)c2)c(OC)c1. The second-order valence-corrected chi connectivity index (χ2v) is 6.39. The number of rotatable bonds is 4. The highest BCUT2D eigenvalue weighted by molar-refractivity contribution is 5.94. The quantitative estimate of drug-likeness (QED) is 0.745. The topological polar surface area (TPSA) is 65.4 Å². The summed E-state index contributed by atoms with van der Waals surface area (Å²) in [6.07, 6.45) is 1.61. The number of hydrogen-bond donors (Lipinski definition) is 1. The molecule has 144 valence electrons. The van der Waals surface area contributed by atoms with Crippen molar-refractivity contribution in [3.05, 3.63) is 65.6 Å². The third kappa shape index (κ3) is 3.06. The molecule has 0 saturated carbocycles.